The van der Waals surface area contributed by atoms with E-state index in [-0.39, 0.29) is 0 Å². The van der Waals surface area contributed by atoms with Gasteiger partial charge >= 0.3 is 0 Å². The van der Waals surface area contributed by atoms with E-state index >= 15 is 0 Å². The van der Waals surface area contributed by atoms with Crippen molar-refractivity contribution in [3.63, 3.8) is 0 Å². The highest BCUT2D eigenvalue weighted by atomic mass is 79.9. The van der Waals surface area contributed by atoms with E-state index < -0.39 is 0 Å². The molecule has 0 saturated carbocycles. The average Bonchev–Trinajstić information content (AvgIpc) is 2.34. The molecular formula is C9H9BrO. The van der Waals surface area contributed by atoms with E-state index in [1.54, 1.807) is 0 Å². The highest BCUT2D eigenvalue weighted by molar-refractivity contribution is 9.10. The third-order valence-corrected chi connectivity index (χ3v) is 2.62. The van der Waals surface area contributed by atoms with E-state index in [0.717, 1.165) is 18.8 Å². The molecule has 0 amide bonds. The van der Waals surface area contributed by atoms with Crippen molar-refractivity contribution < 1.29 is 4.74 Å². The number of benzene rings is 1. The Kier molecular flexibility index (Phi) is 1.64. The number of ether oxygens (including phenoxy) is 1. The van der Waals surface area contributed by atoms with Crippen LogP contribution in [-0.4, -0.2) is 6.61 Å². The Bertz CT molecular complexity index is 294. The maximum absolute atomic E-state index is 5.43. The van der Waals surface area contributed by atoms with Gasteiger partial charge < -0.3 is 4.74 Å². The standard InChI is InChI=1S/C9H9BrO/c1-6-4-8(10)7-2-3-11-9(7)5-6/h4-5H,2-3H2,1H3. The monoisotopic (exact) mass is 212 g/mol. The lowest BCUT2D eigenvalue weighted by molar-refractivity contribution is 0.356. The molecule has 2 rings (SSSR count). The largest absolute Gasteiger partial charge is 0.493 e. The van der Waals surface area contributed by atoms with Gasteiger partial charge in [-0.25, -0.2) is 0 Å². The summed E-state index contributed by atoms with van der Waals surface area (Å²) in [5, 5.41) is 0. The Morgan fingerprint density at radius 1 is 1.45 bits per heavy atom. The molecule has 1 aromatic rings. The van der Waals surface area contributed by atoms with Crippen LogP contribution in [0, 0.1) is 6.92 Å². The Morgan fingerprint density at radius 3 is 3.09 bits per heavy atom. The van der Waals surface area contributed by atoms with Crippen LogP contribution in [-0.2, 0) is 6.42 Å². The topological polar surface area (TPSA) is 9.23 Å². The number of rotatable bonds is 0. The zero-order valence-corrected chi connectivity index (χ0v) is 7.94. The second-order valence-corrected chi connectivity index (χ2v) is 3.68. The van der Waals surface area contributed by atoms with Crippen molar-refractivity contribution in [1.29, 1.82) is 0 Å². The molecule has 1 aliphatic heterocycles. The lowest BCUT2D eigenvalue weighted by atomic mass is 10.1. The highest BCUT2D eigenvalue weighted by Crippen LogP contribution is 2.32. The first kappa shape index (κ1) is 7.17. The predicted octanol–water partition coefficient (Wildman–Crippen LogP) is 2.69. The Balaban J connectivity index is 2.60. The second kappa shape index (κ2) is 2.52. The summed E-state index contributed by atoms with van der Waals surface area (Å²) < 4.78 is 6.62. The first-order valence-corrected chi connectivity index (χ1v) is 4.48. The molecule has 1 aliphatic rings. The smallest absolute Gasteiger partial charge is 0.124 e. The fourth-order valence-corrected chi connectivity index (χ4v) is 2.13. The molecule has 0 aliphatic carbocycles. The van der Waals surface area contributed by atoms with Crippen LogP contribution in [0.5, 0.6) is 5.75 Å². The molecule has 58 valence electrons. The lowest BCUT2D eigenvalue weighted by Gasteiger charge is -2.01. The number of halogens is 1. The van der Waals surface area contributed by atoms with Crippen molar-refractivity contribution in [1.82, 2.24) is 0 Å². The molecule has 0 radical (unpaired) electrons. The lowest BCUT2D eigenvalue weighted by Crippen LogP contribution is -1.86. The Labute approximate surface area is 74.5 Å². The molecule has 1 nitrogen and oxygen atoms in total. The molecule has 0 saturated heterocycles. The van der Waals surface area contributed by atoms with Crippen molar-refractivity contribution in [2.45, 2.75) is 13.3 Å². The van der Waals surface area contributed by atoms with Crippen LogP contribution in [0.1, 0.15) is 11.1 Å². The van der Waals surface area contributed by atoms with Crippen molar-refractivity contribution in [2.75, 3.05) is 6.61 Å². The fraction of sp³-hybridized carbons (Fsp3) is 0.333. The normalized spacial score (nSPS) is 14.4. The summed E-state index contributed by atoms with van der Waals surface area (Å²) in [6, 6.07) is 4.22. The second-order valence-electron chi connectivity index (χ2n) is 2.82. The summed E-state index contributed by atoms with van der Waals surface area (Å²) in [6.07, 6.45) is 1.04. The summed E-state index contributed by atoms with van der Waals surface area (Å²) >= 11 is 3.52. The van der Waals surface area contributed by atoms with Crippen molar-refractivity contribution in [3.05, 3.63) is 27.7 Å². The molecule has 2 heteroatoms. The molecule has 11 heavy (non-hydrogen) atoms. The van der Waals surface area contributed by atoms with E-state index in [2.05, 4.69) is 35.0 Å². The third kappa shape index (κ3) is 1.16. The molecule has 0 spiro atoms. The van der Waals surface area contributed by atoms with Gasteiger partial charge in [0.05, 0.1) is 6.61 Å². The summed E-state index contributed by atoms with van der Waals surface area (Å²) in [4.78, 5) is 0. The van der Waals surface area contributed by atoms with Crippen LogP contribution in [0.15, 0.2) is 16.6 Å². The first-order valence-electron chi connectivity index (χ1n) is 3.69. The van der Waals surface area contributed by atoms with Gasteiger partial charge in [-0.1, -0.05) is 15.9 Å². The minimum atomic E-state index is 0.831. The summed E-state index contributed by atoms with van der Waals surface area (Å²) in [5.74, 6) is 1.05. The first-order chi connectivity index (χ1) is 5.27. The van der Waals surface area contributed by atoms with Gasteiger partial charge in [0.2, 0.25) is 0 Å². The van der Waals surface area contributed by atoms with Crippen LogP contribution in [0.2, 0.25) is 0 Å². The summed E-state index contributed by atoms with van der Waals surface area (Å²) in [5.41, 5.74) is 2.56. The van der Waals surface area contributed by atoms with E-state index in [1.165, 1.54) is 15.6 Å². The summed E-state index contributed by atoms with van der Waals surface area (Å²) in [6.45, 7) is 2.91. The van der Waals surface area contributed by atoms with Crippen LogP contribution in [0.4, 0.5) is 0 Å². The van der Waals surface area contributed by atoms with Crippen LogP contribution >= 0.6 is 15.9 Å². The molecule has 0 aromatic heterocycles. The van der Waals surface area contributed by atoms with Crippen LogP contribution < -0.4 is 4.74 Å². The minimum Gasteiger partial charge on any atom is -0.493 e. The van der Waals surface area contributed by atoms with Crippen molar-refractivity contribution >= 4 is 15.9 Å². The van der Waals surface area contributed by atoms with E-state index in [1.807, 2.05) is 0 Å². The average molecular weight is 213 g/mol. The van der Waals surface area contributed by atoms with Crippen molar-refractivity contribution in [2.24, 2.45) is 0 Å². The van der Waals surface area contributed by atoms with Crippen LogP contribution in [0.3, 0.4) is 0 Å². The van der Waals surface area contributed by atoms with Gasteiger partial charge in [0.1, 0.15) is 5.75 Å². The molecule has 1 aromatic carbocycles. The van der Waals surface area contributed by atoms with E-state index in [4.69, 9.17) is 4.74 Å². The zero-order valence-electron chi connectivity index (χ0n) is 6.36. The third-order valence-electron chi connectivity index (χ3n) is 1.91. The maximum atomic E-state index is 5.43. The zero-order chi connectivity index (χ0) is 7.84. The van der Waals surface area contributed by atoms with E-state index in [0.29, 0.717) is 0 Å². The molecule has 0 bridgehead atoms. The molecule has 0 unspecified atom stereocenters. The van der Waals surface area contributed by atoms with Gasteiger partial charge in [-0.3, -0.25) is 0 Å². The number of hydrogen-bond donors (Lipinski definition) is 0. The van der Waals surface area contributed by atoms with Gasteiger partial charge in [0, 0.05) is 16.5 Å². The van der Waals surface area contributed by atoms with Gasteiger partial charge in [-0.2, -0.15) is 0 Å². The molecule has 1 heterocycles. The van der Waals surface area contributed by atoms with Crippen molar-refractivity contribution in [3.8, 4) is 5.75 Å². The SMILES string of the molecule is Cc1cc(Br)c2c(c1)OCC2. The van der Waals surface area contributed by atoms with Gasteiger partial charge in [0.15, 0.2) is 0 Å². The van der Waals surface area contributed by atoms with Gasteiger partial charge in [0.25, 0.3) is 0 Å². The van der Waals surface area contributed by atoms with Gasteiger partial charge in [-0.15, -0.1) is 0 Å². The van der Waals surface area contributed by atoms with Crippen LogP contribution in [0.25, 0.3) is 0 Å². The van der Waals surface area contributed by atoms with E-state index in [9.17, 15) is 0 Å². The maximum Gasteiger partial charge on any atom is 0.124 e. The van der Waals surface area contributed by atoms with Gasteiger partial charge in [-0.05, 0) is 24.6 Å². The molecule has 0 N–H and O–H groups in total. The fourth-order valence-electron chi connectivity index (χ4n) is 1.37. The number of hydrogen-bond acceptors (Lipinski definition) is 1. The highest BCUT2D eigenvalue weighted by Gasteiger charge is 2.14. The molecular weight excluding hydrogens is 204 g/mol. The number of aryl methyl sites for hydroxylation is 1. The Hall–Kier alpha value is -0.500. The Morgan fingerprint density at radius 2 is 2.27 bits per heavy atom. The molecule has 0 fully saturated rings. The molecule has 0 atom stereocenters. The summed E-state index contributed by atoms with van der Waals surface area (Å²) in [7, 11) is 0. The quantitative estimate of drug-likeness (QED) is 0.643. The minimum absolute atomic E-state index is 0.831. The predicted molar refractivity (Wildman–Crippen MR) is 48.1 cm³/mol. The number of fused-ring (bicyclic) bond motifs is 1.